The molecule has 60 heavy (non-hydrogen) atoms. The minimum Gasteiger partial charge on any atom is -0.459 e. The van der Waals surface area contributed by atoms with Gasteiger partial charge in [0.15, 0.2) is 0 Å². The van der Waals surface area contributed by atoms with E-state index in [-0.39, 0.29) is 49.6 Å². The van der Waals surface area contributed by atoms with Crippen LogP contribution >= 0.6 is 0 Å². The Morgan fingerprint density at radius 3 is 2.32 bits per heavy atom. The Morgan fingerprint density at radius 2 is 1.65 bits per heavy atom. The van der Waals surface area contributed by atoms with Gasteiger partial charge in [-0.2, -0.15) is 0 Å². The van der Waals surface area contributed by atoms with Crippen molar-refractivity contribution in [2.45, 2.75) is 104 Å². The van der Waals surface area contributed by atoms with Crippen LogP contribution < -0.4 is 9.47 Å². The van der Waals surface area contributed by atoms with E-state index in [9.17, 15) is 15.0 Å². The molecule has 1 heterocycles. The fourth-order valence-electron chi connectivity index (χ4n) is 9.31. The summed E-state index contributed by atoms with van der Waals surface area (Å²) in [4.78, 5) is 22.0. The summed E-state index contributed by atoms with van der Waals surface area (Å²) in [5, 5.41) is 24.6. The molecule has 1 saturated carbocycles. The number of allylic oxidation sites excluding steroid dienone is 1. The summed E-state index contributed by atoms with van der Waals surface area (Å²) in [5.74, 6) is 0.364. The van der Waals surface area contributed by atoms with Gasteiger partial charge in [-0.25, -0.2) is 4.79 Å². The van der Waals surface area contributed by atoms with E-state index in [1.165, 1.54) is 0 Å². The number of ether oxygens (including phenoxy) is 4. The summed E-state index contributed by atoms with van der Waals surface area (Å²) >= 11 is 0. The van der Waals surface area contributed by atoms with Crippen molar-refractivity contribution in [1.82, 2.24) is 4.90 Å². The number of amides is 1. The molecule has 10 heteroatoms. The maximum atomic E-state index is 14.4. The van der Waals surface area contributed by atoms with Gasteiger partial charge in [-0.1, -0.05) is 100 Å². The van der Waals surface area contributed by atoms with Gasteiger partial charge >= 0.3 is 6.09 Å². The standard InChI is InChI=1S/C50H66N2O8/c1-7-27-52(48(55)56-34-49(4,5)6)45-33-43(51-58-9-3)41-31-37(19-13-15-28-53)40(20-14-16-29-54)46-42-32-39(25-26-44(42)60-50(45,47(41)46)57-30-8-2)59-38-23-21-36(22-24-38)35-17-11-10-12-18-35/h8,10-12,17-18,21-26,31-32,37,40,45-47,53-54H,2,7,9,13-16,19-20,27-30,33-34H2,1,3-6H3. The van der Waals surface area contributed by atoms with E-state index in [4.69, 9.17) is 28.9 Å². The van der Waals surface area contributed by atoms with Crippen LogP contribution in [0.5, 0.6) is 17.2 Å². The van der Waals surface area contributed by atoms with Crippen LogP contribution in [0, 0.1) is 23.2 Å². The van der Waals surface area contributed by atoms with Gasteiger partial charge in [0.05, 0.1) is 24.8 Å². The van der Waals surface area contributed by atoms with E-state index in [0.29, 0.717) is 56.1 Å². The van der Waals surface area contributed by atoms with Crippen molar-refractivity contribution in [3.8, 4) is 28.4 Å². The van der Waals surface area contributed by atoms with Crippen molar-refractivity contribution in [3.63, 3.8) is 0 Å². The molecular formula is C50H66N2O8. The molecule has 324 valence electrons. The molecule has 0 saturated heterocycles. The van der Waals surface area contributed by atoms with E-state index < -0.39 is 23.8 Å². The van der Waals surface area contributed by atoms with Crippen molar-refractivity contribution >= 4 is 11.8 Å². The molecule has 1 fully saturated rings. The number of benzene rings is 3. The van der Waals surface area contributed by atoms with Crippen LogP contribution in [-0.2, 0) is 14.3 Å². The SMILES string of the molecule is C=CCOC12Oc3ccc(Oc4ccc(-c5ccccc5)cc4)cc3C3C(CCCCO)C(CCCCO)C=C(C(=NOCC)CC1N(CCC)C(=O)OCC(C)(C)C)C32. The highest BCUT2D eigenvalue weighted by Crippen LogP contribution is 2.62. The number of carbonyl (C=O) groups is 1. The number of fused-ring (bicyclic) bond motifs is 2. The number of hydrogen-bond acceptors (Lipinski definition) is 9. The zero-order valence-electron chi connectivity index (χ0n) is 36.3. The van der Waals surface area contributed by atoms with Gasteiger partial charge in [-0.15, -0.1) is 6.58 Å². The summed E-state index contributed by atoms with van der Waals surface area (Å²) in [6.07, 6.45) is 9.45. The minimum absolute atomic E-state index is 0.0957. The molecule has 1 amide bonds. The maximum absolute atomic E-state index is 14.4. The number of nitrogens with zero attached hydrogens (tertiary/aromatic N) is 2. The molecule has 6 unspecified atom stereocenters. The molecule has 0 spiro atoms. The van der Waals surface area contributed by atoms with Crippen LogP contribution in [0.4, 0.5) is 4.79 Å². The molecule has 1 aliphatic heterocycles. The zero-order chi connectivity index (χ0) is 42.7. The Bertz CT molecular complexity index is 1920. The number of rotatable bonds is 20. The summed E-state index contributed by atoms with van der Waals surface area (Å²) in [7, 11) is 0. The highest BCUT2D eigenvalue weighted by atomic mass is 16.7. The molecule has 2 N–H and O–H groups in total. The number of aliphatic hydroxyl groups excluding tert-OH is 2. The Hall–Kier alpha value is -4.64. The van der Waals surface area contributed by atoms with E-state index in [2.05, 4.69) is 49.9 Å². The molecule has 0 aromatic heterocycles. The van der Waals surface area contributed by atoms with Crippen LogP contribution in [0.25, 0.3) is 11.1 Å². The molecule has 3 aromatic carbocycles. The van der Waals surface area contributed by atoms with E-state index in [1.54, 1.807) is 11.0 Å². The summed E-state index contributed by atoms with van der Waals surface area (Å²) in [6, 6.07) is 23.8. The van der Waals surface area contributed by atoms with Crippen molar-refractivity contribution in [1.29, 1.82) is 0 Å². The molecule has 0 radical (unpaired) electrons. The second kappa shape index (κ2) is 20.8. The van der Waals surface area contributed by atoms with Gasteiger partial charge in [-0.3, -0.25) is 4.90 Å². The fraction of sp³-hybridized carbons (Fsp3) is 0.520. The van der Waals surface area contributed by atoms with Crippen LogP contribution in [0.3, 0.4) is 0 Å². The number of oxime groups is 1. The molecule has 0 bridgehead atoms. The van der Waals surface area contributed by atoms with Gasteiger partial charge in [0, 0.05) is 37.7 Å². The number of aliphatic hydroxyl groups is 2. The van der Waals surface area contributed by atoms with Crippen molar-refractivity contribution in [2.75, 3.05) is 39.6 Å². The number of carbonyl (C=O) groups excluding carboxylic acids is 1. The fourth-order valence-corrected chi connectivity index (χ4v) is 9.31. The van der Waals surface area contributed by atoms with E-state index in [0.717, 1.165) is 53.7 Å². The second-order valence-corrected chi connectivity index (χ2v) is 17.5. The third-order valence-electron chi connectivity index (χ3n) is 11.8. The van der Waals surface area contributed by atoms with Crippen molar-refractivity contribution < 1.29 is 38.8 Å². The molecule has 10 nitrogen and oxygen atoms in total. The zero-order valence-corrected chi connectivity index (χ0v) is 36.3. The molecule has 6 rings (SSSR count). The molecule has 2 aliphatic carbocycles. The Labute approximate surface area is 357 Å². The van der Waals surface area contributed by atoms with E-state index in [1.807, 2.05) is 70.2 Å². The highest BCUT2D eigenvalue weighted by Gasteiger charge is 2.65. The van der Waals surface area contributed by atoms with Gasteiger partial charge in [0.1, 0.15) is 29.9 Å². The Morgan fingerprint density at radius 1 is 0.950 bits per heavy atom. The monoisotopic (exact) mass is 822 g/mol. The third kappa shape index (κ3) is 10.3. The number of unbranched alkanes of at least 4 members (excludes halogenated alkanes) is 2. The smallest absolute Gasteiger partial charge is 0.410 e. The molecular weight excluding hydrogens is 757 g/mol. The second-order valence-electron chi connectivity index (χ2n) is 17.5. The first-order chi connectivity index (χ1) is 29.1. The topological polar surface area (TPSA) is 119 Å². The maximum Gasteiger partial charge on any atom is 0.410 e. The lowest BCUT2D eigenvalue weighted by atomic mass is 9.55. The first kappa shape index (κ1) is 44.9. The highest BCUT2D eigenvalue weighted by molar-refractivity contribution is 6.03. The number of hydrogen-bond donors (Lipinski definition) is 2. The lowest BCUT2D eigenvalue weighted by Gasteiger charge is -2.60. The van der Waals surface area contributed by atoms with E-state index >= 15 is 0 Å². The third-order valence-corrected chi connectivity index (χ3v) is 11.8. The van der Waals surface area contributed by atoms with Gasteiger partial charge in [0.2, 0.25) is 5.79 Å². The van der Waals surface area contributed by atoms with Crippen LogP contribution in [0.1, 0.15) is 97.5 Å². The molecule has 3 aromatic rings. The van der Waals surface area contributed by atoms with Gasteiger partial charge in [0.25, 0.3) is 0 Å². The first-order valence-corrected chi connectivity index (χ1v) is 22.0. The lowest BCUT2D eigenvalue weighted by Crippen LogP contribution is -2.70. The van der Waals surface area contributed by atoms with Crippen molar-refractivity contribution in [2.24, 2.45) is 28.3 Å². The Balaban J connectivity index is 1.53. The summed E-state index contributed by atoms with van der Waals surface area (Å²) in [5.41, 5.74) is 4.76. The van der Waals surface area contributed by atoms with Crippen LogP contribution in [0.15, 0.2) is 102 Å². The average Bonchev–Trinajstić information content (AvgIpc) is 3.25. The van der Waals surface area contributed by atoms with Crippen LogP contribution in [0.2, 0.25) is 0 Å². The minimum atomic E-state index is -1.35. The normalized spacial score (nSPS) is 23.8. The lowest BCUT2D eigenvalue weighted by molar-refractivity contribution is -0.255. The predicted molar refractivity (Wildman–Crippen MR) is 236 cm³/mol. The summed E-state index contributed by atoms with van der Waals surface area (Å²) < 4.78 is 27.1. The first-order valence-electron chi connectivity index (χ1n) is 22.0. The Kier molecular flexibility index (Phi) is 15.5. The average molecular weight is 823 g/mol. The molecule has 6 atom stereocenters. The summed E-state index contributed by atoms with van der Waals surface area (Å²) in [6.45, 7) is 15.6. The predicted octanol–water partition coefficient (Wildman–Crippen LogP) is 10.7. The van der Waals surface area contributed by atoms with Gasteiger partial charge < -0.3 is 34.0 Å². The van der Waals surface area contributed by atoms with Crippen molar-refractivity contribution in [3.05, 3.63) is 103 Å². The van der Waals surface area contributed by atoms with Crippen LogP contribution in [-0.4, -0.2) is 78.3 Å². The van der Waals surface area contributed by atoms with Gasteiger partial charge in [-0.05, 0) is 103 Å². The largest absolute Gasteiger partial charge is 0.459 e. The molecule has 3 aliphatic rings. The quantitative estimate of drug-likeness (QED) is 0.0657.